The lowest BCUT2D eigenvalue weighted by molar-refractivity contribution is 0.0303. The molecule has 1 N–H and O–H groups in total. The summed E-state index contributed by atoms with van der Waals surface area (Å²) < 4.78 is 11.3. The highest BCUT2D eigenvalue weighted by molar-refractivity contribution is 5.98. The van der Waals surface area contributed by atoms with Gasteiger partial charge in [0.1, 0.15) is 12.4 Å². The molecule has 3 heterocycles. The molecule has 0 radical (unpaired) electrons. The summed E-state index contributed by atoms with van der Waals surface area (Å²) in [5.74, 6) is 0.733. The number of ether oxygens (including phenoxy) is 2. The van der Waals surface area contributed by atoms with Crippen molar-refractivity contribution in [3.05, 3.63) is 59.2 Å². The molecule has 2 aromatic carbocycles. The minimum Gasteiger partial charge on any atom is -0.491 e. The van der Waals surface area contributed by atoms with Crippen LogP contribution in [0.2, 0.25) is 0 Å². The Morgan fingerprint density at radius 3 is 2.35 bits per heavy atom. The highest BCUT2D eigenvalue weighted by Crippen LogP contribution is 2.34. The van der Waals surface area contributed by atoms with Crippen molar-refractivity contribution in [1.29, 1.82) is 0 Å². The number of morpholine rings is 1. The Morgan fingerprint density at radius 1 is 0.912 bits per heavy atom. The van der Waals surface area contributed by atoms with E-state index in [9.17, 15) is 9.59 Å². The summed E-state index contributed by atoms with van der Waals surface area (Å²) in [6.07, 6.45) is 0.733. The molecule has 0 aliphatic carbocycles. The monoisotopic (exact) mass is 464 g/mol. The zero-order chi connectivity index (χ0) is 23.5. The molecule has 0 bridgehead atoms. The van der Waals surface area contributed by atoms with Crippen molar-refractivity contribution in [1.82, 2.24) is 15.1 Å². The number of rotatable bonds is 4. The Balaban J connectivity index is 1.23. The van der Waals surface area contributed by atoms with Crippen LogP contribution in [0.25, 0.3) is 0 Å². The highest BCUT2D eigenvalue weighted by atomic mass is 16.5. The van der Waals surface area contributed by atoms with Gasteiger partial charge in [0.2, 0.25) is 0 Å². The Bertz CT molecular complexity index is 1030. The third-order valence-corrected chi connectivity index (χ3v) is 6.87. The smallest absolute Gasteiger partial charge is 0.254 e. The summed E-state index contributed by atoms with van der Waals surface area (Å²) in [6.45, 7) is 6.81. The van der Waals surface area contributed by atoms with Gasteiger partial charge < -0.3 is 29.5 Å². The van der Waals surface area contributed by atoms with Crippen LogP contribution >= 0.6 is 0 Å². The van der Waals surface area contributed by atoms with E-state index in [1.165, 1.54) is 5.69 Å². The van der Waals surface area contributed by atoms with Crippen LogP contribution in [0, 0.1) is 0 Å². The molecule has 0 spiro atoms. The third kappa shape index (κ3) is 4.88. The van der Waals surface area contributed by atoms with Gasteiger partial charge in [-0.1, -0.05) is 6.07 Å². The Kier molecular flexibility index (Phi) is 6.69. The van der Waals surface area contributed by atoms with Gasteiger partial charge in [-0.15, -0.1) is 0 Å². The van der Waals surface area contributed by atoms with Crippen molar-refractivity contribution in [3.8, 4) is 5.75 Å². The number of fused-ring (bicyclic) bond motifs is 1. The molecule has 2 amide bonds. The number of anilines is 1. The van der Waals surface area contributed by atoms with Gasteiger partial charge in [0, 0.05) is 68.1 Å². The summed E-state index contributed by atoms with van der Waals surface area (Å²) in [6, 6.07) is 13.0. The number of piperazine rings is 1. The first kappa shape index (κ1) is 22.7. The van der Waals surface area contributed by atoms with Crippen LogP contribution in [0.5, 0.6) is 5.75 Å². The molecule has 5 rings (SSSR count). The number of hydrogen-bond donors (Lipinski definition) is 1. The van der Waals surface area contributed by atoms with Crippen LogP contribution < -0.4 is 15.0 Å². The molecule has 8 heteroatoms. The Labute approximate surface area is 200 Å². The zero-order valence-electron chi connectivity index (χ0n) is 19.7. The van der Waals surface area contributed by atoms with Crippen LogP contribution in [0.3, 0.4) is 0 Å². The topological polar surface area (TPSA) is 74.4 Å². The van der Waals surface area contributed by atoms with Crippen LogP contribution in [-0.2, 0) is 11.2 Å². The number of nitrogens with one attached hydrogen (secondary N) is 1. The van der Waals surface area contributed by atoms with Gasteiger partial charge in [-0.25, -0.2) is 0 Å². The second-order valence-corrected chi connectivity index (χ2v) is 9.21. The number of carbonyl (C=O) groups excluding carboxylic acids is 2. The molecule has 0 saturated carbocycles. The molecule has 34 heavy (non-hydrogen) atoms. The molecule has 0 unspecified atom stereocenters. The lowest BCUT2D eigenvalue weighted by Gasteiger charge is -2.37. The van der Waals surface area contributed by atoms with E-state index >= 15 is 0 Å². The van der Waals surface area contributed by atoms with Gasteiger partial charge in [-0.3, -0.25) is 9.59 Å². The summed E-state index contributed by atoms with van der Waals surface area (Å²) in [7, 11) is 2.15. The van der Waals surface area contributed by atoms with Crippen molar-refractivity contribution >= 4 is 17.5 Å². The summed E-state index contributed by atoms with van der Waals surface area (Å²) in [5.41, 5.74) is 3.49. The SMILES string of the molecule is CN1CCN(c2cccc3c2C[C@H](NC(=O)c2ccc(C(=O)N4CCOCC4)cc2)CO3)CC1. The molecule has 2 saturated heterocycles. The molecular weight excluding hydrogens is 432 g/mol. The number of carbonyl (C=O) groups is 2. The number of amides is 2. The molecule has 3 aliphatic heterocycles. The van der Waals surface area contributed by atoms with Gasteiger partial charge in [0.05, 0.1) is 19.3 Å². The summed E-state index contributed by atoms with van der Waals surface area (Å²) >= 11 is 0. The lowest BCUT2D eigenvalue weighted by atomic mass is 9.99. The molecule has 0 aromatic heterocycles. The third-order valence-electron chi connectivity index (χ3n) is 6.87. The van der Waals surface area contributed by atoms with E-state index in [0.29, 0.717) is 44.0 Å². The number of hydrogen-bond acceptors (Lipinski definition) is 6. The van der Waals surface area contributed by atoms with Gasteiger partial charge in [-0.05, 0) is 43.4 Å². The largest absolute Gasteiger partial charge is 0.491 e. The van der Waals surface area contributed by atoms with Gasteiger partial charge in [0.15, 0.2) is 0 Å². The molecule has 180 valence electrons. The standard InChI is InChI=1S/C26H32N4O4/c1-28-9-11-29(12-10-28)23-3-2-4-24-22(23)17-21(18-34-24)27-25(31)19-5-7-20(8-6-19)26(32)30-13-15-33-16-14-30/h2-8,21H,9-18H2,1H3,(H,27,31)/t21-/m0/s1. The van der Waals surface area contributed by atoms with Crippen molar-refractivity contribution in [2.45, 2.75) is 12.5 Å². The number of likely N-dealkylation sites (N-methyl/N-ethyl adjacent to an activating group) is 1. The van der Waals surface area contributed by atoms with Gasteiger partial charge >= 0.3 is 0 Å². The van der Waals surface area contributed by atoms with Gasteiger partial charge in [0.25, 0.3) is 11.8 Å². The highest BCUT2D eigenvalue weighted by Gasteiger charge is 2.27. The van der Waals surface area contributed by atoms with Crippen LogP contribution in [0.1, 0.15) is 26.3 Å². The fraction of sp³-hybridized carbons (Fsp3) is 0.462. The molecular formula is C26H32N4O4. The van der Waals surface area contributed by atoms with Crippen LogP contribution in [0.15, 0.2) is 42.5 Å². The van der Waals surface area contributed by atoms with Gasteiger partial charge in [-0.2, -0.15) is 0 Å². The maximum Gasteiger partial charge on any atom is 0.254 e. The average molecular weight is 465 g/mol. The van der Waals surface area contributed by atoms with E-state index in [-0.39, 0.29) is 17.9 Å². The van der Waals surface area contributed by atoms with Crippen LogP contribution in [-0.4, -0.2) is 93.8 Å². The number of benzene rings is 2. The molecule has 2 aromatic rings. The minimum atomic E-state index is -0.153. The van der Waals surface area contributed by atoms with Crippen molar-refractivity contribution in [3.63, 3.8) is 0 Å². The Hall–Kier alpha value is -3.10. The quantitative estimate of drug-likeness (QED) is 0.742. The van der Waals surface area contributed by atoms with E-state index in [1.54, 1.807) is 29.2 Å². The summed E-state index contributed by atoms with van der Waals surface area (Å²) in [4.78, 5) is 32.1. The maximum absolute atomic E-state index is 12.9. The molecule has 1 atom stereocenters. The van der Waals surface area contributed by atoms with E-state index < -0.39 is 0 Å². The normalized spacial score (nSPS) is 20.9. The zero-order valence-corrected chi connectivity index (χ0v) is 19.7. The minimum absolute atomic E-state index is 0.0241. The average Bonchev–Trinajstić information content (AvgIpc) is 2.89. The maximum atomic E-state index is 12.9. The van der Waals surface area contributed by atoms with Crippen molar-refractivity contribution in [2.24, 2.45) is 0 Å². The summed E-state index contributed by atoms with van der Waals surface area (Å²) in [5, 5.41) is 3.12. The number of nitrogens with zero attached hydrogens (tertiary/aromatic N) is 3. The van der Waals surface area contributed by atoms with Crippen LogP contribution in [0.4, 0.5) is 5.69 Å². The predicted octanol–water partition coefficient (Wildman–Crippen LogP) is 1.64. The lowest BCUT2D eigenvalue weighted by Crippen LogP contribution is -2.46. The first-order chi connectivity index (χ1) is 16.6. The molecule has 8 nitrogen and oxygen atoms in total. The first-order valence-corrected chi connectivity index (χ1v) is 12.0. The van der Waals surface area contributed by atoms with Crippen molar-refractivity contribution < 1.29 is 19.1 Å². The second-order valence-electron chi connectivity index (χ2n) is 9.21. The second kappa shape index (κ2) is 10.0. The fourth-order valence-corrected chi connectivity index (χ4v) is 4.81. The fourth-order valence-electron chi connectivity index (χ4n) is 4.81. The Morgan fingerprint density at radius 2 is 1.62 bits per heavy atom. The predicted molar refractivity (Wildman–Crippen MR) is 130 cm³/mol. The van der Waals surface area contributed by atoms with E-state index in [2.05, 4.69) is 28.2 Å². The molecule has 2 fully saturated rings. The van der Waals surface area contributed by atoms with Crippen molar-refractivity contribution in [2.75, 3.05) is 71.0 Å². The van der Waals surface area contributed by atoms with E-state index in [0.717, 1.165) is 43.9 Å². The molecule has 3 aliphatic rings. The van der Waals surface area contributed by atoms with E-state index in [1.807, 2.05) is 12.1 Å². The van der Waals surface area contributed by atoms with E-state index in [4.69, 9.17) is 9.47 Å². The first-order valence-electron chi connectivity index (χ1n) is 12.0.